The Morgan fingerprint density at radius 2 is 1.77 bits per heavy atom. The number of aromatic nitrogens is 3. The molecule has 1 saturated carbocycles. The highest BCUT2D eigenvalue weighted by molar-refractivity contribution is 6.01. The van der Waals surface area contributed by atoms with Crippen molar-refractivity contribution in [2.24, 2.45) is 5.92 Å². The van der Waals surface area contributed by atoms with E-state index in [1.807, 2.05) is 18.2 Å². The first-order valence-corrected chi connectivity index (χ1v) is 13.5. The summed E-state index contributed by atoms with van der Waals surface area (Å²) in [6.45, 7) is 0.312. The second-order valence-corrected chi connectivity index (χ2v) is 10.2. The molecule has 0 unspecified atom stereocenters. The van der Waals surface area contributed by atoms with Crippen molar-refractivity contribution in [2.75, 3.05) is 11.9 Å². The maximum absolute atomic E-state index is 12.3. The maximum Gasteiger partial charge on any atom is 0.293 e. The van der Waals surface area contributed by atoms with Crippen LogP contribution in [0.5, 0.6) is 0 Å². The summed E-state index contributed by atoms with van der Waals surface area (Å²) in [7, 11) is 0. The van der Waals surface area contributed by atoms with Gasteiger partial charge in [-0.25, -0.2) is 9.97 Å². The van der Waals surface area contributed by atoms with Gasteiger partial charge < -0.3 is 14.0 Å². The van der Waals surface area contributed by atoms with Crippen molar-refractivity contribution in [1.29, 1.82) is 0 Å². The highest BCUT2D eigenvalue weighted by Crippen LogP contribution is 2.36. The number of fused-ring (bicyclic) bond motifs is 1. The van der Waals surface area contributed by atoms with Crippen molar-refractivity contribution in [2.45, 2.75) is 44.4 Å². The van der Waals surface area contributed by atoms with E-state index in [-0.39, 0.29) is 11.7 Å². The first-order valence-electron chi connectivity index (χ1n) is 13.5. The Balaban J connectivity index is 1.22. The smallest absolute Gasteiger partial charge is 0.293 e. The molecule has 1 amide bonds. The molecular weight excluding hydrogens is 492 g/mol. The number of nitrogens with zero attached hydrogens (tertiary/aromatic N) is 3. The third-order valence-electron chi connectivity index (χ3n) is 7.63. The zero-order valence-electron chi connectivity index (χ0n) is 21.5. The van der Waals surface area contributed by atoms with E-state index < -0.39 is 5.91 Å². The molecule has 2 aromatic carbocycles. The number of anilines is 1. The number of amides is 1. The van der Waals surface area contributed by atoms with Gasteiger partial charge in [-0.1, -0.05) is 48.3 Å². The predicted molar refractivity (Wildman–Crippen MR) is 148 cm³/mol. The predicted octanol–water partition coefficient (Wildman–Crippen LogP) is 6.84. The fraction of sp³-hybridized carbons (Fsp3) is 0.290. The Morgan fingerprint density at radius 3 is 2.51 bits per heavy atom. The number of hydrogen-bond donors (Lipinski definition) is 2. The monoisotopic (exact) mass is 522 g/mol. The highest BCUT2D eigenvalue weighted by atomic mass is 16.5. The van der Waals surface area contributed by atoms with Gasteiger partial charge in [-0.15, -0.1) is 0 Å². The maximum atomic E-state index is 12.3. The van der Waals surface area contributed by atoms with Crippen LogP contribution in [-0.2, 0) is 0 Å². The molecule has 0 spiro atoms. The van der Waals surface area contributed by atoms with Crippen LogP contribution in [0.15, 0.2) is 82.1 Å². The standard InChI is InChI=1S/C31H30N4O4/c36-19-20-4-1-6-21(7-2-5-20)22-9-11-23(12-10-22)29-25-18-24(13-14-27(25)35-39-29)26-15-16-32-31(33-26)34-30(37)28-8-3-17-38-28/h3,8-18,20-21,36H,1-2,4-7,19H2,(H,32,33,34,37). The van der Waals surface area contributed by atoms with Gasteiger partial charge in [0.1, 0.15) is 5.52 Å². The lowest BCUT2D eigenvalue weighted by Crippen LogP contribution is -2.13. The van der Waals surface area contributed by atoms with Crippen LogP contribution in [0.2, 0.25) is 0 Å². The molecule has 0 bridgehead atoms. The van der Waals surface area contributed by atoms with Crippen molar-refractivity contribution in [3.63, 3.8) is 0 Å². The van der Waals surface area contributed by atoms with Crippen molar-refractivity contribution in [3.8, 4) is 22.6 Å². The number of carbonyl (C=O) groups is 1. The summed E-state index contributed by atoms with van der Waals surface area (Å²) in [5, 5.41) is 17.3. The van der Waals surface area contributed by atoms with Crippen molar-refractivity contribution >= 4 is 22.8 Å². The highest BCUT2D eigenvalue weighted by Gasteiger charge is 2.19. The molecule has 0 saturated heterocycles. The SMILES string of the molecule is O=C(Nc1nccc(-c2ccc3noc(-c4ccc(C5CCCC(CO)CCC5)cc4)c3c2)n1)c1ccco1. The summed E-state index contributed by atoms with van der Waals surface area (Å²) in [4.78, 5) is 21.0. The van der Waals surface area contributed by atoms with Crippen molar-refractivity contribution < 1.29 is 18.8 Å². The number of rotatable bonds is 6. The van der Waals surface area contributed by atoms with E-state index in [2.05, 4.69) is 44.7 Å². The lowest BCUT2D eigenvalue weighted by molar-refractivity contribution is 0.0996. The van der Waals surface area contributed by atoms with Gasteiger partial charge in [0.2, 0.25) is 5.95 Å². The Hall–Kier alpha value is -4.30. The van der Waals surface area contributed by atoms with Gasteiger partial charge in [0.25, 0.3) is 5.91 Å². The minimum Gasteiger partial charge on any atom is -0.459 e. The molecule has 0 radical (unpaired) electrons. The van der Waals surface area contributed by atoms with Crippen LogP contribution in [0.1, 0.15) is 60.6 Å². The van der Waals surface area contributed by atoms with Crippen molar-refractivity contribution in [1.82, 2.24) is 15.1 Å². The number of hydrogen-bond acceptors (Lipinski definition) is 7. The molecule has 1 aliphatic carbocycles. The summed E-state index contributed by atoms with van der Waals surface area (Å²) in [6.07, 6.45) is 9.91. The number of furan rings is 1. The normalized spacial score (nSPS) is 18.0. The molecule has 1 aliphatic rings. The van der Waals surface area contributed by atoms with Gasteiger partial charge in [0, 0.05) is 23.9 Å². The zero-order chi connectivity index (χ0) is 26.6. The molecule has 198 valence electrons. The Bertz CT molecular complexity index is 1550. The van der Waals surface area contributed by atoms with Gasteiger partial charge in [-0.3, -0.25) is 10.1 Å². The van der Waals surface area contributed by atoms with Crippen LogP contribution < -0.4 is 5.32 Å². The fourth-order valence-corrected chi connectivity index (χ4v) is 5.48. The molecule has 8 nitrogen and oxygen atoms in total. The van der Waals surface area contributed by atoms with Gasteiger partial charge in [-0.2, -0.15) is 0 Å². The fourth-order valence-electron chi connectivity index (χ4n) is 5.48. The minimum absolute atomic E-state index is 0.190. The summed E-state index contributed by atoms with van der Waals surface area (Å²) in [5.41, 5.74) is 4.61. The van der Waals surface area contributed by atoms with Gasteiger partial charge in [0.15, 0.2) is 11.5 Å². The molecule has 3 heterocycles. The van der Waals surface area contributed by atoms with Gasteiger partial charge >= 0.3 is 0 Å². The molecular formula is C31H30N4O4. The number of carbonyl (C=O) groups excluding carboxylic acids is 1. The molecule has 1 fully saturated rings. The topological polar surface area (TPSA) is 114 Å². The van der Waals surface area contributed by atoms with Crippen LogP contribution in [-0.4, -0.2) is 32.7 Å². The quantitative estimate of drug-likeness (QED) is 0.251. The number of aliphatic hydroxyl groups is 1. The van der Waals surface area contributed by atoms with E-state index in [1.165, 1.54) is 11.8 Å². The van der Waals surface area contributed by atoms with E-state index in [0.717, 1.165) is 60.6 Å². The number of nitrogens with one attached hydrogen (secondary N) is 1. The molecule has 6 rings (SSSR count). The van der Waals surface area contributed by atoms with Gasteiger partial charge in [-0.05, 0) is 73.4 Å². The Morgan fingerprint density at radius 1 is 0.974 bits per heavy atom. The van der Waals surface area contributed by atoms with E-state index in [4.69, 9.17) is 8.94 Å². The van der Waals surface area contributed by atoms with E-state index >= 15 is 0 Å². The Labute approximate surface area is 226 Å². The summed E-state index contributed by atoms with van der Waals surface area (Å²) < 4.78 is 10.9. The summed E-state index contributed by atoms with van der Waals surface area (Å²) >= 11 is 0. The molecule has 8 heteroatoms. The first-order chi connectivity index (χ1) is 19.2. The molecule has 5 aromatic rings. The van der Waals surface area contributed by atoms with Crippen LogP contribution in [0.4, 0.5) is 5.95 Å². The summed E-state index contributed by atoms with van der Waals surface area (Å²) in [6, 6.07) is 19.5. The second-order valence-electron chi connectivity index (χ2n) is 10.2. The van der Waals surface area contributed by atoms with Crippen molar-refractivity contribution in [3.05, 3.63) is 84.4 Å². The Kier molecular flexibility index (Phi) is 7.19. The lowest BCUT2D eigenvalue weighted by Gasteiger charge is -2.24. The van der Waals surface area contributed by atoms with E-state index in [9.17, 15) is 9.90 Å². The largest absolute Gasteiger partial charge is 0.459 e. The molecule has 2 N–H and O–H groups in total. The average Bonchev–Trinajstić information content (AvgIpc) is 3.64. The lowest BCUT2D eigenvalue weighted by atomic mass is 9.82. The first kappa shape index (κ1) is 25.0. The van der Waals surface area contributed by atoms with Crippen LogP contribution in [0.25, 0.3) is 33.5 Å². The number of benzene rings is 2. The van der Waals surface area contributed by atoms with E-state index in [1.54, 1.807) is 24.4 Å². The molecule has 3 aromatic heterocycles. The minimum atomic E-state index is -0.411. The molecule has 0 aliphatic heterocycles. The second kappa shape index (κ2) is 11.2. The van der Waals surface area contributed by atoms with Gasteiger partial charge in [0.05, 0.1) is 17.3 Å². The third-order valence-corrected chi connectivity index (χ3v) is 7.63. The average molecular weight is 523 g/mol. The van der Waals surface area contributed by atoms with Crippen LogP contribution in [0.3, 0.4) is 0 Å². The summed E-state index contributed by atoms with van der Waals surface area (Å²) in [5.74, 6) is 1.70. The van der Waals surface area contributed by atoms with E-state index in [0.29, 0.717) is 29.9 Å². The zero-order valence-corrected chi connectivity index (χ0v) is 21.5. The third kappa shape index (κ3) is 5.47. The number of aliphatic hydroxyl groups excluding tert-OH is 1. The van der Waals surface area contributed by atoms with Crippen LogP contribution in [0, 0.1) is 5.92 Å². The van der Waals surface area contributed by atoms with Crippen LogP contribution >= 0.6 is 0 Å². The molecule has 39 heavy (non-hydrogen) atoms. The molecule has 0 atom stereocenters.